The predicted octanol–water partition coefficient (Wildman–Crippen LogP) is 2.80. The number of para-hydroxylation sites is 1. The molecule has 0 spiro atoms. The minimum Gasteiger partial charge on any atom is -0.493 e. The Morgan fingerprint density at radius 2 is 1.91 bits per heavy atom. The van der Waals surface area contributed by atoms with Gasteiger partial charge in [0.15, 0.2) is 0 Å². The van der Waals surface area contributed by atoms with E-state index in [4.69, 9.17) is 14.2 Å². The summed E-state index contributed by atoms with van der Waals surface area (Å²) in [6.45, 7) is 3.22. The Kier molecular flexibility index (Phi) is 8.49. The zero-order valence-electron chi connectivity index (χ0n) is 17.7. The van der Waals surface area contributed by atoms with Gasteiger partial charge in [-0.25, -0.2) is 0 Å². The van der Waals surface area contributed by atoms with E-state index < -0.39 is 12.0 Å². The van der Waals surface area contributed by atoms with E-state index in [0.717, 1.165) is 0 Å². The summed E-state index contributed by atoms with van der Waals surface area (Å²) in [7, 11) is 0. The van der Waals surface area contributed by atoms with Crippen molar-refractivity contribution in [2.24, 2.45) is 0 Å². The Bertz CT molecular complexity index is 953. The average Bonchev–Trinajstić information content (AvgIpc) is 2.80. The number of amides is 2. The highest BCUT2D eigenvalue weighted by atomic mass is 79.9. The smallest absolute Gasteiger partial charge is 0.308 e. The molecule has 3 rings (SSSR count). The van der Waals surface area contributed by atoms with Gasteiger partial charge in [-0.15, -0.1) is 0 Å². The molecular weight excluding hydrogens is 480 g/mol. The fourth-order valence-electron chi connectivity index (χ4n) is 3.28. The third kappa shape index (κ3) is 6.23. The molecule has 1 aliphatic heterocycles. The number of hydrogen-bond donors (Lipinski definition) is 1. The van der Waals surface area contributed by atoms with Crippen LogP contribution in [0, 0.1) is 0 Å². The number of halogens is 1. The van der Waals surface area contributed by atoms with Gasteiger partial charge in [0.1, 0.15) is 30.8 Å². The average molecular weight is 505 g/mol. The van der Waals surface area contributed by atoms with Crippen LogP contribution < -0.4 is 14.8 Å². The Balaban J connectivity index is 1.58. The van der Waals surface area contributed by atoms with E-state index in [0.29, 0.717) is 41.2 Å². The van der Waals surface area contributed by atoms with Gasteiger partial charge in [0.05, 0.1) is 17.5 Å². The molecule has 1 N–H and O–H groups in total. The monoisotopic (exact) mass is 504 g/mol. The summed E-state index contributed by atoms with van der Waals surface area (Å²) in [6.07, 6.45) is -0.235. The number of piperazine rings is 1. The fourth-order valence-corrected chi connectivity index (χ4v) is 3.77. The van der Waals surface area contributed by atoms with Gasteiger partial charge in [0.2, 0.25) is 5.91 Å². The van der Waals surface area contributed by atoms with Crippen LogP contribution in [0.4, 0.5) is 0 Å². The van der Waals surface area contributed by atoms with Crippen molar-refractivity contribution >= 4 is 33.7 Å². The Hall–Kier alpha value is -3.07. The third-order valence-corrected chi connectivity index (χ3v) is 5.41. The van der Waals surface area contributed by atoms with Crippen LogP contribution in [-0.4, -0.2) is 61.6 Å². The predicted molar refractivity (Wildman–Crippen MR) is 121 cm³/mol. The van der Waals surface area contributed by atoms with Crippen LogP contribution >= 0.6 is 15.9 Å². The first-order chi connectivity index (χ1) is 15.5. The van der Waals surface area contributed by atoms with Crippen LogP contribution in [-0.2, 0) is 14.3 Å². The second-order valence-corrected chi connectivity index (χ2v) is 7.82. The molecule has 0 aromatic heterocycles. The highest BCUT2D eigenvalue weighted by Gasteiger charge is 2.35. The van der Waals surface area contributed by atoms with Crippen molar-refractivity contribution in [3.63, 3.8) is 0 Å². The first kappa shape index (κ1) is 23.6. The molecule has 2 aromatic carbocycles. The number of carbonyl (C=O) groups is 3. The van der Waals surface area contributed by atoms with E-state index in [-0.39, 0.29) is 31.4 Å². The zero-order valence-corrected chi connectivity index (χ0v) is 19.3. The molecule has 8 nitrogen and oxygen atoms in total. The summed E-state index contributed by atoms with van der Waals surface area (Å²) in [5, 5.41) is 2.71. The fraction of sp³-hybridized carbons (Fsp3) is 0.348. The maximum absolute atomic E-state index is 13.1. The molecule has 1 atom stereocenters. The second-order valence-electron chi connectivity index (χ2n) is 6.97. The van der Waals surface area contributed by atoms with Crippen molar-refractivity contribution in [3.05, 3.63) is 58.6 Å². The van der Waals surface area contributed by atoms with Gasteiger partial charge >= 0.3 is 5.97 Å². The molecule has 1 heterocycles. The van der Waals surface area contributed by atoms with Gasteiger partial charge in [-0.3, -0.25) is 14.4 Å². The van der Waals surface area contributed by atoms with Crippen LogP contribution in [0.5, 0.6) is 11.5 Å². The molecule has 1 unspecified atom stereocenters. The summed E-state index contributed by atoms with van der Waals surface area (Å²) in [6, 6.07) is 13.2. The largest absolute Gasteiger partial charge is 0.493 e. The summed E-state index contributed by atoms with van der Waals surface area (Å²) in [5.41, 5.74) is 0.393. The van der Waals surface area contributed by atoms with Gasteiger partial charge in [-0.2, -0.15) is 0 Å². The van der Waals surface area contributed by atoms with Crippen molar-refractivity contribution in [3.8, 4) is 11.5 Å². The molecule has 1 saturated heterocycles. The van der Waals surface area contributed by atoms with Crippen LogP contribution in [0.15, 0.2) is 53.0 Å². The van der Waals surface area contributed by atoms with Crippen LogP contribution in [0.3, 0.4) is 0 Å². The molecule has 0 saturated carbocycles. The maximum Gasteiger partial charge on any atom is 0.308 e. The molecule has 0 aliphatic carbocycles. The van der Waals surface area contributed by atoms with Crippen molar-refractivity contribution in [1.82, 2.24) is 10.2 Å². The van der Waals surface area contributed by atoms with Gasteiger partial charge in [0.25, 0.3) is 5.91 Å². The third-order valence-electron chi connectivity index (χ3n) is 4.79. The summed E-state index contributed by atoms with van der Waals surface area (Å²) in [4.78, 5) is 39.2. The Morgan fingerprint density at radius 3 is 2.62 bits per heavy atom. The maximum atomic E-state index is 13.1. The van der Waals surface area contributed by atoms with Gasteiger partial charge in [-0.1, -0.05) is 18.2 Å². The lowest BCUT2D eigenvalue weighted by Gasteiger charge is -2.34. The lowest BCUT2D eigenvalue weighted by molar-refractivity contribution is -0.148. The quantitative estimate of drug-likeness (QED) is 0.416. The van der Waals surface area contributed by atoms with E-state index in [1.165, 1.54) is 4.90 Å². The molecule has 9 heteroatoms. The van der Waals surface area contributed by atoms with Gasteiger partial charge < -0.3 is 24.4 Å². The Morgan fingerprint density at radius 1 is 1.12 bits per heavy atom. The van der Waals surface area contributed by atoms with Crippen LogP contribution in [0.25, 0.3) is 0 Å². The first-order valence-corrected chi connectivity index (χ1v) is 11.1. The number of carbonyl (C=O) groups excluding carboxylic acids is 3. The minimum absolute atomic E-state index is 0.0435. The molecular formula is C23H25BrN2O6. The van der Waals surface area contributed by atoms with Gasteiger partial charge in [0, 0.05) is 18.7 Å². The number of nitrogens with one attached hydrogen (secondary N) is 1. The first-order valence-electron chi connectivity index (χ1n) is 10.3. The van der Waals surface area contributed by atoms with E-state index in [1.54, 1.807) is 30.3 Å². The lowest BCUT2D eigenvalue weighted by Crippen LogP contribution is -2.57. The van der Waals surface area contributed by atoms with Crippen molar-refractivity contribution in [2.75, 3.05) is 32.9 Å². The van der Waals surface area contributed by atoms with Crippen LogP contribution in [0.2, 0.25) is 0 Å². The summed E-state index contributed by atoms with van der Waals surface area (Å²) >= 11 is 3.40. The zero-order chi connectivity index (χ0) is 22.9. The van der Waals surface area contributed by atoms with E-state index in [9.17, 15) is 14.4 Å². The number of nitrogens with zero attached hydrogens (tertiary/aromatic N) is 1. The normalized spacial score (nSPS) is 15.6. The number of rotatable bonds is 9. The SMILES string of the molecule is CCOc1ccc(C(=O)N2CCNC(=O)C2CC(=O)OCCOc2ccccc2)cc1Br. The highest BCUT2D eigenvalue weighted by Crippen LogP contribution is 2.27. The number of esters is 1. The molecule has 2 aromatic rings. The second kappa shape index (κ2) is 11.5. The summed E-state index contributed by atoms with van der Waals surface area (Å²) < 4.78 is 16.8. The number of hydrogen-bond acceptors (Lipinski definition) is 6. The molecule has 0 radical (unpaired) electrons. The van der Waals surface area contributed by atoms with E-state index >= 15 is 0 Å². The molecule has 170 valence electrons. The number of ether oxygens (including phenoxy) is 3. The molecule has 2 amide bonds. The highest BCUT2D eigenvalue weighted by molar-refractivity contribution is 9.10. The topological polar surface area (TPSA) is 94.2 Å². The Labute approximate surface area is 194 Å². The molecule has 1 fully saturated rings. The van der Waals surface area contributed by atoms with E-state index in [1.807, 2.05) is 25.1 Å². The molecule has 1 aliphatic rings. The number of benzene rings is 2. The lowest BCUT2D eigenvalue weighted by atomic mass is 10.1. The molecule has 32 heavy (non-hydrogen) atoms. The summed E-state index contributed by atoms with van der Waals surface area (Å²) in [5.74, 6) is 0.00191. The standard InChI is InChI=1S/C23H25BrN2O6/c1-2-30-20-9-8-16(14-18(20)24)23(29)26-11-10-25-22(28)19(26)15-21(27)32-13-12-31-17-6-4-3-5-7-17/h3-9,14,19H,2,10-13,15H2,1H3,(H,25,28). The van der Waals surface area contributed by atoms with Gasteiger partial charge in [-0.05, 0) is 53.2 Å². The minimum atomic E-state index is -0.941. The van der Waals surface area contributed by atoms with Crippen molar-refractivity contribution in [1.29, 1.82) is 0 Å². The molecule has 0 bridgehead atoms. The van der Waals surface area contributed by atoms with Crippen LogP contribution in [0.1, 0.15) is 23.7 Å². The van der Waals surface area contributed by atoms with Crippen molar-refractivity contribution < 1.29 is 28.6 Å². The van der Waals surface area contributed by atoms with E-state index in [2.05, 4.69) is 21.2 Å². The van der Waals surface area contributed by atoms with Crippen molar-refractivity contribution in [2.45, 2.75) is 19.4 Å².